The van der Waals surface area contributed by atoms with Gasteiger partial charge >= 0.3 is 0 Å². The molecule has 6 nitrogen and oxygen atoms in total. The van der Waals surface area contributed by atoms with Crippen LogP contribution in [0.15, 0.2) is 48.7 Å². The van der Waals surface area contributed by atoms with Crippen LogP contribution >= 0.6 is 11.6 Å². The molecule has 1 aliphatic rings. The average Bonchev–Trinajstić information content (AvgIpc) is 3.32. The third-order valence-electron chi connectivity index (χ3n) is 5.26. The molecule has 0 saturated heterocycles. The molecule has 0 bridgehead atoms. The van der Waals surface area contributed by atoms with Gasteiger partial charge in [0.15, 0.2) is 0 Å². The van der Waals surface area contributed by atoms with Gasteiger partial charge in [0.1, 0.15) is 0 Å². The van der Waals surface area contributed by atoms with Crippen molar-refractivity contribution in [2.24, 2.45) is 0 Å². The maximum absolute atomic E-state index is 13.1. The summed E-state index contributed by atoms with van der Waals surface area (Å²) in [6.45, 7) is 6.29. The van der Waals surface area contributed by atoms with Crippen LogP contribution in [0.25, 0.3) is 5.69 Å². The van der Waals surface area contributed by atoms with E-state index >= 15 is 0 Å². The minimum Gasteiger partial charge on any atom is -0.322 e. The molecular weight excluding hydrogens is 400 g/mol. The van der Waals surface area contributed by atoms with Gasteiger partial charge in [0.2, 0.25) is 5.91 Å². The van der Waals surface area contributed by atoms with Gasteiger partial charge in [-0.05, 0) is 54.3 Å². The monoisotopic (exact) mass is 422 g/mol. The smallest absolute Gasteiger partial charge is 0.259 e. The van der Waals surface area contributed by atoms with Crippen molar-refractivity contribution in [3.05, 3.63) is 70.5 Å². The van der Waals surface area contributed by atoms with Gasteiger partial charge < -0.3 is 10.2 Å². The molecule has 0 fully saturated rings. The van der Waals surface area contributed by atoms with E-state index in [0.717, 1.165) is 29.1 Å². The van der Waals surface area contributed by atoms with Crippen LogP contribution in [0.5, 0.6) is 0 Å². The first-order chi connectivity index (χ1) is 14.3. The standard InChI is InChI=1S/C23H23ClN4O2/c1-14(2)22-20(13-25-28(22)19-6-4-5-17(24)12-19)23(30)26-18-7-8-21-16(11-18)9-10-27(21)15(3)29/h4-8,11-14H,9-10H2,1-3H3,(H,26,30). The molecule has 154 valence electrons. The maximum atomic E-state index is 13.1. The number of benzene rings is 2. The summed E-state index contributed by atoms with van der Waals surface area (Å²) < 4.78 is 1.76. The van der Waals surface area contributed by atoms with Crippen molar-refractivity contribution in [2.45, 2.75) is 33.1 Å². The lowest BCUT2D eigenvalue weighted by atomic mass is 10.0. The van der Waals surface area contributed by atoms with Crippen LogP contribution in [-0.2, 0) is 11.2 Å². The highest BCUT2D eigenvalue weighted by molar-refractivity contribution is 6.30. The number of halogens is 1. The molecule has 7 heteroatoms. The Bertz CT molecular complexity index is 1140. The second-order valence-electron chi connectivity index (χ2n) is 7.71. The fourth-order valence-electron chi connectivity index (χ4n) is 3.91. The summed E-state index contributed by atoms with van der Waals surface area (Å²) in [4.78, 5) is 26.6. The normalized spacial score (nSPS) is 12.9. The zero-order valence-electron chi connectivity index (χ0n) is 17.1. The molecule has 30 heavy (non-hydrogen) atoms. The van der Waals surface area contributed by atoms with Crippen LogP contribution in [0.1, 0.15) is 48.3 Å². The molecule has 1 aromatic heterocycles. The topological polar surface area (TPSA) is 67.2 Å². The number of nitrogens with zero attached hydrogens (tertiary/aromatic N) is 3. The highest BCUT2D eigenvalue weighted by atomic mass is 35.5. The Balaban J connectivity index is 1.62. The van der Waals surface area contributed by atoms with Crippen molar-refractivity contribution in [1.29, 1.82) is 0 Å². The zero-order chi connectivity index (χ0) is 21.4. The van der Waals surface area contributed by atoms with E-state index in [1.165, 1.54) is 0 Å². The maximum Gasteiger partial charge on any atom is 0.259 e. The SMILES string of the molecule is CC(=O)N1CCc2cc(NC(=O)c3cnn(-c4cccc(Cl)c4)c3C(C)C)ccc21. The van der Waals surface area contributed by atoms with Gasteiger partial charge in [-0.25, -0.2) is 4.68 Å². The van der Waals surface area contributed by atoms with Crippen molar-refractivity contribution in [2.75, 3.05) is 16.8 Å². The van der Waals surface area contributed by atoms with Gasteiger partial charge in [0, 0.05) is 29.9 Å². The van der Waals surface area contributed by atoms with Gasteiger partial charge in [-0.2, -0.15) is 5.10 Å². The lowest BCUT2D eigenvalue weighted by Crippen LogP contribution is -2.25. The number of aromatic nitrogens is 2. The number of fused-ring (bicyclic) bond motifs is 1. The lowest BCUT2D eigenvalue weighted by molar-refractivity contribution is -0.116. The predicted molar refractivity (Wildman–Crippen MR) is 119 cm³/mol. The molecular formula is C23H23ClN4O2. The molecule has 2 heterocycles. The van der Waals surface area contributed by atoms with E-state index in [-0.39, 0.29) is 17.7 Å². The highest BCUT2D eigenvalue weighted by Gasteiger charge is 2.24. The third kappa shape index (κ3) is 3.71. The molecule has 0 unspecified atom stereocenters. The van der Waals surface area contributed by atoms with E-state index in [0.29, 0.717) is 22.8 Å². The second kappa shape index (κ2) is 7.95. The summed E-state index contributed by atoms with van der Waals surface area (Å²) >= 11 is 6.13. The summed E-state index contributed by atoms with van der Waals surface area (Å²) in [5, 5.41) is 8.05. The van der Waals surface area contributed by atoms with Crippen LogP contribution in [0, 0.1) is 0 Å². The molecule has 4 rings (SSSR count). The third-order valence-corrected chi connectivity index (χ3v) is 5.50. The van der Waals surface area contributed by atoms with Gasteiger partial charge in [-0.3, -0.25) is 9.59 Å². The highest BCUT2D eigenvalue weighted by Crippen LogP contribution is 2.31. The van der Waals surface area contributed by atoms with Crippen LogP contribution in [0.4, 0.5) is 11.4 Å². The molecule has 2 aromatic carbocycles. The largest absolute Gasteiger partial charge is 0.322 e. The minimum atomic E-state index is -0.214. The number of rotatable bonds is 4. The van der Waals surface area contributed by atoms with E-state index in [2.05, 4.69) is 10.4 Å². The molecule has 0 spiro atoms. The number of carbonyl (C=O) groups excluding carboxylic acids is 2. The lowest BCUT2D eigenvalue weighted by Gasteiger charge is -2.15. The Labute approximate surface area is 180 Å². The summed E-state index contributed by atoms with van der Waals surface area (Å²) in [6.07, 6.45) is 2.37. The number of nitrogens with one attached hydrogen (secondary N) is 1. The summed E-state index contributed by atoms with van der Waals surface area (Å²) in [7, 11) is 0. The van der Waals surface area contributed by atoms with E-state index < -0.39 is 0 Å². The van der Waals surface area contributed by atoms with Crippen molar-refractivity contribution in [3.63, 3.8) is 0 Å². The van der Waals surface area contributed by atoms with Crippen molar-refractivity contribution in [1.82, 2.24) is 9.78 Å². The van der Waals surface area contributed by atoms with E-state index in [1.54, 1.807) is 28.8 Å². The number of hydrogen-bond donors (Lipinski definition) is 1. The van der Waals surface area contributed by atoms with Crippen LogP contribution < -0.4 is 10.2 Å². The molecule has 2 amide bonds. The first-order valence-corrected chi connectivity index (χ1v) is 10.3. The predicted octanol–water partition coefficient (Wildman–Crippen LogP) is 4.81. The van der Waals surface area contributed by atoms with Crippen LogP contribution in [-0.4, -0.2) is 28.1 Å². The van der Waals surface area contributed by atoms with E-state index in [9.17, 15) is 9.59 Å². The van der Waals surface area contributed by atoms with Gasteiger partial charge in [0.05, 0.1) is 23.1 Å². The number of hydrogen-bond acceptors (Lipinski definition) is 3. The Morgan fingerprint density at radius 2 is 1.97 bits per heavy atom. The van der Waals surface area contributed by atoms with Crippen LogP contribution in [0.2, 0.25) is 5.02 Å². The van der Waals surface area contributed by atoms with E-state index in [1.807, 2.05) is 50.2 Å². The van der Waals surface area contributed by atoms with Crippen molar-refractivity contribution in [3.8, 4) is 5.69 Å². The van der Waals surface area contributed by atoms with Crippen molar-refractivity contribution < 1.29 is 9.59 Å². The molecule has 0 atom stereocenters. The average molecular weight is 423 g/mol. The quantitative estimate of drug-likeness (QED) is 0.656. The zero-order valence-corrected chi connectivity index (χ0v) is 17.9. The van der Waals surface area contributed by atoms with E-state index in [4.69, 9.17) is 11.6 Å². The summed E-state index contributed by atoms with van der Waals surface area (Å²) in [6, 6.07) is 13.0. The molecule has 0 saturated carbocycles. The molecule has 1 N–H and O–H groups in total. The van der Waals surface area contributed by atoms with Gasteiger partial charge in [-0.15, -0.1) is 0 Å². The fourth-order valence-corrected chi connectivity index (χ4v) is 4.09. The summed E-state index contributed by atoms with van der Waals surface area (Å²) in [5.74, 6) is -0.106. The molecule has 1 aliphatic heterocycles. The molecule has 0 radical (unpaired) electrons. The van der Waals surface area contributed by atoms with Gasteiger partial charge in [-0.1, -0.05) is 31.5 Å². The minimum absolute atomic E-state index is 0.0283. The second-order valence-corrected chi connectivity index (χ2v) is 8.14. The Morgan fingerprint density at radius 1 is 1.17 bits per heavy atom. The molecule has 3 aromatic rings. The summed E-state index contributed by atoms with van der Waals surface area (Å²) in [5.41, 5.74) is 4.83. The fraction of sp³-hybridized carbons (Fsp3) is 0.261. The van der Waals surface area contributed by atoms with Crippen LogP contribution in [0.3, 0.4) is 0 Å². The Hall–Kier alpha value is -3.12. The van der Waals surface area contributed by atoms with Crippen molar-refractivity contribution >= 4 is 34.8 Å². The van der Waals surface area contributed by atoms with Gasteiger partial charge in [0.25, 0.3) is 5.91 Å². The number of amides is 2. The number of anilines is 2. The Morgan fingerprint density at radius 3 is 2.67 bits per heavy atom. The Kier molecular flexibility index (Phi) is 5.35. The number of carbonyl (C=O) groups is 2. The first-order valence-electron chi connectivity index (χ1n) is 9.91. The molecule has 0 aliphatic carbocycles. The first kappa shape index (κ1) is 20.2.